The standard InChI is InChI=1S/C21H20BrN5O/c1-11-5-6-23-19-14(11)3-4-15-12(2)16(9-25-20(15)19)21(28)17-7-18-24-8-13(22)10-27(18)26-17/h3-4,7-12,16,23H,5-6H2,1-2H3. The van der Waals surface area contributed by atoms with Gasteiger partial charge in [-0.05, 0) is 45.3 Å². The number of hydrogen-bond acceptors (Lipinski definition) is 5. The summed E-state index contributed by atoms with van der Waals surface area (Å²) in [7, 11) is 0. The van der Waals surface area contributed by atoms with E-state index in [9.17, 15) is 4.79 Å². The van der Waals surface area contributed by atoms with E-state index in [1.54, 1.807) is 29.2 Å². The van der Waals surface area contributed by atoms with Gasteiger partial charge in [0.25, 0.3) is 0 Å². The van der Waals surface area contributed by atoms with Crippen molar-refractivity contribution in [2.75, 3.05) is 11.9 Å². The lowest BCUT2D eigenvalue weighted by Crippen LogP contribution is -2.26. The summed E-state index contributed by atoms with van der Waals surface area (Å²) in [5.74, 6) is 0.201. The van der Waals surface area contributed by atoms with Gasteiger partial charge in [-0.2, -0.15) is 5.10 Å². The molecule has 4 heterocycles. The summed E-state index contributed by atoms with van der Waals surface area (Å²) in [4.78, 5) is 22.2. The van der Waals surface area contributed by atoms with Crippen LogP contribution in [0.15, 0.2) is 40.1 Å². The monoisotopic (exact) mass is 437 g/mol. The molecule has 0 fully saturated rings. The minimum absolute atomic E-state index is 0.0254. The largest absolute Gasteiger partial charge is 0.383 e. The molecule has 1 N–H and O–H groups in total. The van der Waals surface area contributed by atoms with E-state index in [2.05, 4.69) is 57.3 Å². The Morgan fingerprint density at radius 3 is 2.96 bits per heavy atom. The van der Waals surface area contributed by atoms with Crippen molar-refractivity contribution >= 4 is 44.9 Å². The molecule has 5 rings (SSSR count). The molecule has 2 aliphatic rings. The maximum absolute atomic E-state index is 13.2. The molecule has 1 aromatic carbocycles. The molecule has 3 atom stereocenters. The summed E-state index contributed by atoms with van der Waals surface area (Å²) in [6, 6.07) is 6.07. The number of fused-ring (bicyclic) bond motifs is 4. The Bertz CT molecular complexity index is 1140. The lowest BCUT2D eigenvalue weighted by molar-refractivity contribution is 0.0939. The highest BCUT2D eigenvalue weighted by Crippen LogP contribution is 2.46. The number of halogens is 1. The van der Waals surface area contributed by atoms with Gasteiger partial charge >= 0.3 is 0 Å². The molecule has 0 amide bonds. The average molecular weight is 438 g/mol. The van der Waals surface area contributed by atoms with Crippen LogP contribution in [0.5, 0.6) is 0 Å². The van der Waals surface area contributed by atoms with Crippen LogP contribution in [0.2, 0.25) is 0 Å². The first kappa shape index (κ1) is 17.6. The van der Waals surface area contributed by atoms with Crippen molar-refractivity contribution < 1.29 is 4.79 Å². The molecule has 0 spiro atoms. The van der Waals surface area contributed by atoms with Crippen molar-refractivity contribution in [1.29, 1.82) is 0 Å². The van der Waals surface area contributed by atoms with E-state index in [1.165, 1.54) is 5.56 Å². The third kappa shape index (κ3) is 2.68. The van der Waals surface area contributed by atoms with Gasteiger partial charge in [-0.1, -0.05) is 26.0 Å². The van der Waals surface area contributed by atoms with Gasteiger partial charge in [0.15, 0.2) is 11.4 Å². The van der Waals surface area contributed by atoms with Crippen molar-refractivity contribution in [3.63, 3.8) is 0 Å². The van der Waals surface area contributed by atoms with Crippen LogP contribution in [-0.4, -0.2) is 33.1 Å². The van der Waals surface area contributed by atoms with Crippen molar-refractivity contribution in [1.82, 2.24) is 14.6 Å². The summed E-state index contributed by atoms with van der Waals surface area (Å²) in [5.41, 5.74) is 5.62. The molecular formula is C21H20BrN5O. The topological polar surface area (TPSA) is 71.7 Å². The fourth-order valence-electron chi connectivity index (χ4n) is 4.21. The minimum Gasteiger partial charge on any atom is -0.383 e. The number of rotatable bonds is 2. The number of nitrogens with one attached hydrogen (secondary N) is 1. The highest BCUT2D eigenvalue weighted by atomic mass is 79.9. The second kappa shape index (κ2) is 6.51. The number of ketones is 1. The van der Waals surface area contributed by atoms with E-state index >= 15 is 0 Å². The number of benzene rings is 1. The van der Waals surface area contributed by atoms with E-state index < -0.39 is 0 Å². The molecule has 0 radical (unpaired) electrons. The Hall–Kier alpha value is -2.54. The molecule has 3 unspecified atom stereocenters. The molecule has 0 bridgehead atoms. The van der Waals surface area contributed by atoms with Crippen molar-refractivity contribution in [3.05, 3.63) is 51.9 Å². The fourth-order valence-corrected chi connectivity index (χ4v) is 4.51. The van der Waals surface area contributed by atoms with Gasteiger partial charge in [-0.3, -0.25) is 9.79 Å². The van der Waals surface area contributed by atoms with E-state index in [-0.39, 0.29) is 17.6 Å². The number of nitrogens with zero attached hydrogens (tertiary/aromatic N) is 4. The van der Waals surface area contributed by atoms with Gasteiger partial charge in [0.2, 0.25) is 0 Å². The van der Waals surface area contributed by atoms with Crippen LogP contribution in [0.1, 0.15) is 53.7 Å². The van der Waals surface area contributed by atoms with E-state index in [0.29, 0.717) is 17.3 Å². The van der Waals surface area contributed by atoms with Gasteiger partial charge in [-0.15, -0.1) is 0 Å². The Kier molecular flexibility index (Phi) is 4.08. The first-order valence-electron chi connectivity index (χ1n) is 9.53. The van der Waals surface area contributed by atoms with Gasteiger partial charge in [0.1, 0.15) is 5.69 Å². The van der Waals surface area contributed by atoms with Gasteiger partial charge in [-0.25, -0.2) is 9.50 Å². The SMILES string of the molecule is CC1CCNc2c1ccc1c2N=CC(C(=O)c2cc3ncc(Br)cn3n2)C1C. The molecular weight excluding hydrogens is 418 g/mol. The highest BCUT2D eigenvalue weighted by Gasteiger charge is 2.33. The number of anilines is 1. The zero-order valence-electron chi connectivity index (χ0n) is 15.7. The van der Waals surface area contributed by atoms with Crippen LogP contribution >= 0.6 is 15.9 Å². The molecule has 3 aromatic rings. The highest BCUT2D eigenvalue weighted by molar-refractivity contribution is 9.10. The minimum atomic E-state index is -0.333. The maximum atomic E-state index is 13.2. The van der Waals surface area contributed by atoms with Gasteiger partial charge in [0.05, 0.1) is 21.8 Å². The second-order valence-electron chi connectivity index (χ2n) is 7.65. The van der Waals surface area contributed by atoms with E-state index in [1.807, 2.05) is 0 Å². The first-order chi connectivity index (χ1) is 13.5. The molecule has 7 heteroatoms. The van der Waals surface area contributed by atoms with Crippen molar-refractivity contribution in [2.24, 2.45) is 10.9 Å². The number of Topliss-reactive ketones (excluding diaryl/α,β-unsaturated/α-hetero) is 1. The fraction of sp³-hybridized carbons (Fsp3) is 0.333. The van der Waals surface area contributed by atoms with Gasteiger partial charge < -0.3 is 5.32 Å². The van der Waals surface area contributed by atoms with Crippen LogP contribution in [0, 0.1) is 5.92 Å². The summed E-state index contributed by atoms with van der Waals surface area (Å²) < 4.78 is 2.44. The van der Waals surface area contributed by atoms with E-state index in [4.69, 9.17) is 4.99 Å². The van der Waals surface area contributed by atoms with Crippen molar-refractivity contribution in [2.45, 2.75) is 32.1 Å². The molecule has 0 saturated carbocycles. The molecule has 2 aromatic heterocycles. The Morgan fingerprint density at radius 2 is 2.11 bits per heavy atom. The predicted molar refractivity (Wildman–Crippen MR) is 113 cm³/mol. The second-order valence-corrected chi connectivity index (χ2v) is 8.56. The summed E-state index contributed by atoms with van der Waals surface area (Å²) >= 11 is 3.38. The Balaban J connectivity index is 1.51. The van der Waals surface area contributed by atoms with Gasteiger partial charge in [0, 0.05) is 31.2 Å². The van der Waals surface area contributed by atoms with Crippen LogP contribution in [0.25, 0.3) is 5.65 Å². The molecule has 142 valence electrons. The molecule has 6 nitrogen and oxygen atoms in total. The van der Waals surface area contributed by atoms with Crippen LogP contribution in [0.4, 0.5) is 11.4 Å². The number of hydrogen-bond donors (Lipinski definition) is 1. The third-order valence-corrected chi connectivity index (χ3v) is 6.29. The number of carbonyl (C=O) groups is 1. The van der Waals surface area contributed by atoms with Crippen LogP contribution < -0.4 is 5.32 Å². The number of aliphatic imine (C=N–C) groups is 1. The summed E-state index contributed by atoms with van der Waals surface area (Å²) in [5, 5.41) is 7.93. The number of carbonyl (C=O) groups excluding carboxylic acids is 1. The lowest BCUT2D eigenvalue weighted by atomic mass is 9.79. The zero-order valence-corrected chi connectivity index (χ0v) is 17.3. The van der Waals surface area contributed by atoms with E-state index in [0.717, 1.165) is 34.4 Å². The third-order valence-electron chi connectivity index (χ3n) is 5.88. The maximum Gasteiger partial charge on any atom is 0.192 e. The molecule has 0 aliphatic carbocycles. The predicted octanol–water partition coefficient (Wildman–Crippen LogP) is 4.73. The molecule has 0 saturated heterocycles. The Labute approximate surface area is 171 Å². The average Bonchev–Trinajstić information content (AvgIpc) is 3.11. The first-order valence-corrected chi connectivity index (χ1v) is 10.3. The summed E-state index contributed by atoms with van der Waals surface area (Å²) in [6.45, 7) is 5.31. The Morgan fingerprint density at radius 1 is 1.29 bits per heavy atom. The normalized spacial score (nSPS) is 23.2. The van der Waals surface area contributed by atoms with Crippen LogP contribution in [-0.2, 0) is 0 Å². The summed E-state index contributed by atoms with van der Waals surface area (Å²) in [6.07, 6.45) is 6.42. The zero-order chi connectivity index (χ0) is 19.4. The quantitative estimate of drug-likeness (QED) is 0.588. The van der Waals surface area contributed by atoms with Crippen LogP contribution in [0.3, 0.4) is 0 Å². The lowest BCUT2D eigenvalue weighted by Gasteiger charge is -2.31. The van der Waals surface area contributed by atoms with Crippen molar-refractivity contribution in [3.8, 4) is 0 Å². The molecule has 2 aliphatic heterocycles. The smallest absolute Gasteiger partial charge is 0.192 e. The molecule has 28 heavy (non-hydrogen) atoms. The number of aromatic nitrogens is 3.